The van der Waals surface area contributed by atoms with Gasteiger partial charge in [-0.25, -0.2) is 4.68 Å². The van der Waals surface area contributed by atoms with Crippen LogP contribution in [0, 0.1) is 11.3 Å². The molecule has 1 aromatic heterocycles. The van der Waals surface area contributed by atoms with E-state index in [0.29, 0.717) is 16.9 Å². The average Bonchev–Trinajstić information content (AvgIpc) is 2.52. The fraction of sp³-hybridized carbons (Fsp3) is 0.600. The summed E-state index contributed by atoms with van der Waals surface area (Å²) in [5.41, 5.74) is 0.507. The molecule has 0 fully saturated rings. The number of nitriles is 1. The molecular weight excluding hydrogens is 286 g/mol. The Morgan fingerprint density at radius 2 is 2.25 bits per heavy atom. The van der Waals surface area contributed by atoms with Crippen molar-refractivity contribution in [3.63, 3.8) is 0 Å². The summed E-state index contributed by atoms with van der Waals surface area (Å²) in [5, 5.41) is 12.9. The number of ether oxygens (including phenoxy) is 1. The Labute approximate surface area is 105 Å². The van der Waals surface area contributed by atoms with Gasteiger partial charge in [0.05, 0.1) is 10.7 Å². The number of nitrogens with zero attached hydrogens (tertiary/aromatic N) is 3. The molecule has 0 atom stereocenters. The van der Waals surface area contributed by atoms with Crippen molar-refractivity contribution in [2.75, 3.05) is 6.61 Å². The third-order valence-electron chi connectivity index (χ3n) is 2.11. The van der Waals surface area contributed by atoms with Crippen LogP contribution in [0.3, 0.4) is 0 Å². The Morgan fingerprint density at radius 1 is 1.56 bits per heavy atom. The van der Waals surface area contributed by atoms with Crippen LogP contribution in [0.15, 0.2) is 10.7 Å². The number of hydrogen-bond donors (Lipinski definition) is 0. The van der Waals surface area contributed by atoms with Crippen LogP contribution in [-0.2, 0) is 11.5 Å². The number of hydrogen-bond acceptors (Lipinski definition) is 3. The van der Waals surface area contributed by atoms with E-state index >= 15 is 0 Å². The Morgan fingerprint density at radius 3 is 2.81 bits per heavy atom. The lowest BCUT2D eigenvalue weighted by atomic mass is 10.5. The maximum atomic E-state index is 8.88. The maximum Gasteiger partial charge on any atom is 0.155 e. The van der Waals surface area contributed by atoms with E-state index < -0.39 is 8.07 Å². The SMILES string of the molecule is C[Si](C)(C)CCOCn1ncc(Br)c1C#N. The van der Waals surface area contributed by atoms with Crippen molar-refractivity contribution in [2.24, 2.45) is 0 Å². The van der Waals surface area contributed by atoms with Crippen molar-refractivity contribution in [2.45, 2.75) is 32.4 Å². The van der Waals surface area contributed by atoms with E-state index in [1.165, 1.54) is 0 Å². The zero-order valence-electron chi connectivity index (χ0n) is 9.83. The smallest absolute Gasteiger partial charge is 0.155 e. The van der Waals surface area contributed by atoms with Gasteiger partial charge >= 0.3 is 0 Å². The molecule has 0 saturated carbocycles. The summed E-state index contributed by atoms with van der Waals surface area (Å²) in [6.07, 6.45) is 1.61. The van der Waals surface area contributed by atoms with Gasteiger partial charge in [0.15, 0.2) is 5.69 Å². The molecule has 0 saturated heterocycles. The molecule has 88 valence electrons. The topological polar surface area (TPSA) is 50.8 Å². The van der Waals surface area contributed by atoms with Crippen LogP contribution in [0.5, 0.6) is 0 Å². The van der Waals surface area contributed by atoms with E-state index in [0.717, 1.165) is 12.7 Å². The summed E-state index contributed by atoms with van der Waals surface area (Å²) in [4.78, 5) is 0. The molecule has 1 heterocycles. The van der Waals surface area contributed by atoms with Crippen LogP contribution >= 0.6 is 15.9 Å². The summed E-state index contributed by atoms with van der Waals surface area (Å²) in [6, 6.07) is 3.21. The van der Waals surface area contributed by atoms with Crippen LogP contribution in [0.1, 0.15) is 5.69 Å². The number of aromatic nitrogens is 2. The molecule has 0 bridgehead atoms. The summed E-state index contributed by atoms with van der Waals surface area (Å²) in [6.45, 7) is 8.00. The van der Waals surface area contributed by atoms with Crippen LogP contribution < -0.4 is 0 Å². The van der Waals surface area contributed by atoms with Crippen LogP contribution in [-0.4, -0.2) is 24.5 Å². The highest BCUT2D eigenvalue weighted by atomic mass is 79.9. The number of halogens is 1. The highest BCUT2D eigenvalue weighted by Gasteiger charge is 2.12. The second-order valence-corrected chi connectivity index (χ2v) is 11.3. The Hall–Kier alpha value is -0.643. The van der Waals surface area contributed by atoms with E-state index in [9.17, 15) is 0 Å². The molecule has 1 aromatic rings. The molecule has 1 rings (SSSR count). The van der Waals surface area contributed by atoms with Gasteiger partial charge in [0.25, 0.3) is 0 Å². The first kappa shape index (κ1) is 13.4. The highest BCUT2D eigenvalue weighted by molar-refractivity contribution is 9.10. The molecule has 0 aliphatic heterocycles. The Balaban J connectivity index is 2.41. The molecule has 0 aliphatic rings. The summed E-state index contributed by atoms with van der Waals surface area (Å²) >= 11 is 3.26. The summed E-state index contributed by atoms with van der Waals surface area (Å²) in [5.74, 6) is 0. The lowest BCUT2D eigenvalue weighted by Crippen LogP contribution is -2.22. The van der Waals surface area contributed by atoms with E-state index in [1.807, 2.05) is 0 Å². The van der Waals surface area contributed by atoms with Crippen molar-refractivity contribution in [3.05, 3.63) is 16.4 Å². The standard InChI is InChI=1S/C10H16BrN3OSi/c1-16(2,3)5-4-15-8-14-10(6-12)9(11)7-13-14/h7H,4-5,8H2,1-3H3. The normalized spacial score (nSPS) is 11.4. The minimum absolute atomic E-state index is 0.346. The van der Waals surface area contributed by atoms with Gasteiger partial charge < -0.3 is 4.74 Å². The first-order valence-corrected chi connectivity index (χ1v) is 9.63. The first-order valence-electron chi connectivity index (χ1n) is 5.13. The summed E-state index contributed by atoms with van der Waals surface area (Å²) in [7, 11) is -1.04. The molecule has 0 spiro atoms. The van der Waals surface area contributed by atoms with Crippen molar-refractivity contribution in [3.8, 4) is 6.07 Å². The fourth-order valence-electron chi connectivity index (χ4n) is 1.10. The molecule has 0 radical (unpaired) electrons. The van der Waals surface area contributed by atoms with Crippen molar-refractivity contribution >= 4 is 24.0 Å². The molecule has 0 unspecified atom stereocenters. The van der Waals surface area contributed by atoms with Crippen LogP contribution in [0.2, 0.25) is 25.7 Å². The minimum Gasteiger partial charge on any atom is -0.359 e. The van der Waals surface area contributed by atoms with E-state index in [4.69, 9.17) is 10.00 Å². The van der Waals surface area contributed by atoms with E-state index in [2.05, 4.69) is 46.7 Å². The van der Waals surface area contributed by atoms with Crippen LogP contribution in [0.25, 0.3) is 0 Å². The van der Waals surface area contributed by atoms with Crippen molar-refractivity contribution in [1.82, 2.24) is 9.78 Å². The molecule has 0 amide bonds. The van der Waals surface area contributed by atoms with Gasteiger partial charge in [0.2, 0.25) is 0 Å². The highest BCUT2D eigenvalue weighted by Crippen LogP contribution is 2.14. The lowest BCUT2D eigenvalue weighted by Gasteiger charge is -2.15. The van der Waals surface area contributed by atoms with Gasteiger partial charge in [-0.05, 0) is 22.0 Å². The molecule has 0 aliphatic carbocycles. The quantitative estimate of drug-likeness (QED) is 0.621. The summed E-state index contributed by atoms with van der Waals surface area (Å²) < 4.78 is 7.79. The molecule has 0 aromatic carbocycles. The largest absolute Gasteiger partial charge is 0.359 e. The molecular formula is C10H16BrN3OSi. The Bertz CT molecular complexity index is 392. The molecule has 16 heavy (non-hydrogen) atoms. The van der Waals surface area contributed by atoms with Gasteiger partial charge in [0.1, 0.15) is 12.8 Å². The van der Waals surface area contributed by atoms with Gasteiger partial charge in [-0.1, -0.05) is 19.6 Å². The molecule has 6 heteroatoms. The molecule has 4 nitrogen and oxygen atoms in total. The van der Waals surface area contributed by atoms with E-state index in [1.54, 1.807) is 10.9 Å². The zero-order valence-corrected chi connectivity index (χ0v) is 12.4. The average molecular weight is 302 g/mol. The minimum atomic E-state index is -1.04. The van der Waals surface area contributed by atoms with Crippen LogP contribution in [0.4, 0.5) is 0 Å². The second kappa shape index (κ2) is 5.62. The van der Waals surface area contributed by atoms with Crippen molar-refractivity contribution < 1.29 is 4.74 Å². The third kappa shape index (κ3) is 4.08. The number of rotatable bonds is 5. The van der Waals surface area contributed by atoms with E-state index in [-0.39, 0.29) is 0 Å². The monoisotopic (exact) mass is 301 g/mol. The molecule has 0 N–H and O–H groups in total. The third-order valence-corrected chi connectivity index (χ3v) is 4.40. The maximum absolute atomic E-state index is 8.88. The van der Waals surface area contributed by atoms with Gasteiger partial charge in [-0.3, -0.25) is 0 Å². The second-order valence-electron chi connectivity index (χ2n) is 4.80. The predicted octanol–water partition coefficient (Wildman–Crippen LogP) is 2.83. The Kier molecular flexibility index (Phi) is 4.71. The predicted molar refractivity (Wildman–Crippen MR) is 68.7 cm³/mol. The van der Waals surface area contributed by atoms with Gasteiger partial charge in [0, 0.05) is 14.7 Å². The zero-order chi connectivity index (χ0) is 12.2. The fourth-order valence-corrected chi connectivity index (χ4v) is 2.24. The van der Waals surface area contributed by atoms with Gasteiger partial charge in [-0.2, -0.15) is 10.4 Å². The van der Waals surface area contributed by atoms with Gasteiger partial charge in [-0.15, -0.1) is 0 Å². The van der Waals surface area contributed by atoms with Crippen molar-refractivity contribution in [1.29, 1.82) is 5.26 Å². The lowest BCUT2D eigenvalue weighted by molar-refractivity contribution is 0.0779. The first-order chi connectivity index (χ1) is 7.44.